The van der Waals surface area contributed by atoms with Crippen molar-refractivity contribution in [3.05, 3.63) is 0 Å². The van der Waals surface area contributed by atoms with Gasteiger partial charge >= 0.3 is 5.97 Å². The van der Waals surface area contributed by atoms with Crippen LogP contribution in [0.25, 0.3) is 0 Å². The molecule has 0 rings (SSSR count). The monoisotopic (exact) mass is 1070 g/mol. The Morgan fingerprint density at radius 3 is 0.803 bits per heavy atom. The van der Waals surface area contributed by atoms with E-state index in [1.54, 1.807) is 0 Å². The molecule has 2 atom stereocenters. The first-order valence-corrected chi connectivity index (χ1v) is 35.3. The standard InChI is InChI=1S/C70H139NO5/c1-3-5-7-9-11-13-15-17-18-19-20-27-30-33-36-39-42-46-50-54-58-62-68(73)67(66-72)71-69(74)63-59-55-51-47-43-40-37-34-31-28-25-23-21-22-24-26-29-32-35-38-41-45-49-53-57-61-65-76-70(75)64-60-56-52-48-44-16-14-12-10-8-6-4-2/h67-68,72-73H,3-66H2,1-2H3,(H,71,74). The van der Waals surface area contributed by atoms with Gasteiger partial charge in [-0.3, -0.25) is 9.59 Å². The summed E-state index contributed by atoms with van der Waals surface area (Å²) in [4.78, 5) is 24.6. The first kappa shape index (κ1) is 74.9. The fourth-order valence-electron chi connectivity index (χ4n) is 11.5. The van der Waals surface area contributed by atoms with E-state index in [1.165, 1.54) is 340 Å². The van der Waals surface area contributed by atoms with Gasteiger partial charge in [0.15, 0.2) is 0 Å². The van der Waals surface area contributed by atoms with E-state index in [0.29, 0.717) is 25.9 Å². The van der Waals surface area contributed by atoms with Crippen LogP contribution in [-0.4, -0.2) is 47.4 Å². The lowest BCUT2D eigenvalue weighted by molar-refractivity contribution is -0.143. The molecule has 0 radical (unpaired) electrons. The van der Waals surface area contributed by atoms with Gasteiger partial charge in [-0.2, -0.15) is 0 Å². The number of carbonyl (C=O) groups excluding carboxylic acids is 2. The molecule has 0 aromatic carbocycles. The minimum atomic E-state index is -0.662. The summed E-state index contributed by atoms with van der Waals surface area (Å²) in [6.45, 7) is 5.00. The molecule has 0 saturated heterocycles. The number of carbonyl (C=O) groups is 2. The van der Waals surface area contributed by atoms with Gasteiger partial charge in [-0.05, 0) is 25.7 Å². The van der Waals surface area contributed by atoms with Crippen LogP contribution in [0.3, 0.4) is 0 Å². The minimum Gasteiger partial charge on any atom is -0.466 e. The highest BCUT2D eigenvalue weighted by Gasteiger charge is 2.20. The van der Waals surface area contributed by atoms with E-state index >= 15 is 0 Å². The van der Waals surface area contributed by atoms with E-state index in [1.807, 2.05) is 0 Å². The second kappa shape index (κ2) is 66.4. The molecule has 0 aliphatic heterocycles. The molecule has 0 heterocycles. The molecule has 0 aliphatic rings. The lowest BCUT2D eigenvalue weighted by Gasteiger charge is -2.22. The number of rotatable bonds is 67. The number of esters is 1. The maximum absolute atomic E-state index is 12.5. The number of unbranched alkanes of at least 4 members (excludes halogenated alkanes) is 56. The summed E-state index contributed by atoms with van der Waals surface area (Å²) in [6.07, 6.45) is 80.1. The molecule has 6 heteroatoms. The number of hydrogen-bond acceptors (Lipinski definition) is 5. The third-order valence-electron chi connectivity index (χ3n) is 16.9. The normalized spacial score (nSPS) is 12.4. The summed E-state index contributed by atoms with van der Waals surface area (Å²) in [6, 6.07) is -0.539. The summed E-state index contributed by atoms with van der Waals surface area (Å²) in [5, 5.41) is 23.4. The van der Waals surface area contributed by atoms with Crippen LogP contribution in [0.15, 0.2) is 0 Å². The van der Waals surface area contributed by atoms with Crippen LogP contribution in [0.1, 0.15) is 412 Å². The van der Waals surface area contributed by atoms with Crippen LogP contribution in [0.5, 0.6) is 0 Å². The molecular weight excluding hydrogens is 935 g/mol. The molecule has 0 saturated carbocycles. The van der Waals surface area contributed by atoms with E-state index in [0.717, 1.165) is 38.5 Å². The minimum absolute atomic E-state index is 0.0193. The Bertz CT molecular complexity index is 1100. The number of ether oxygens (including phenoxy) is 1. The average Bonchev–Trinajstić information content (AvgIpc) is 3.42. The first-order valence-electron chi connectivity index (χ1n) is 35.3. The topological polar surface area (TPSA) is 95.9 Å². The maximum atomic E-state index is 12.5. The van der Waals surface area contributed by atoms with Crippen molar-refractivity contribution in [3.63, 3.8) is 0 Å². The number of aliphatic hydroxyl groups excluding tert-OH is 2. The molecule has 3 N–H and O–H groups in total. The van der Waals surface area contributed by atoms with E-state index in [9.17, 15) is 19.8 Å². The summed E-state index contributed by atoms with van der Waals surface area (Å²) in [5.41, 5.74) is 0. The predicted octanol–water partition coefficient (Wildman–Crippen LogP) is 22.6. The quantitative estimate of drug-likeness (QED) is 0.0417. The van der Waals surface area contributed by atoms with Crippen molar-refractivity contribution in [2.24, 2.45) is 0 Å². The van der Waals surface area contributed by atoms with Gasteiger partial charge in [-0.15, -0.1) is 0 Å². The predicted molar refractivity (Wildman–Crippen MR) is 334 cm³/mol. The fraction of sp³-hybridized carbons (Fsp3) is 0.971. The van der Waals surface area contributed by atoms with Crippen molar-refractivity contribution in [3.8, 4) is 0 Å². The van der Waals surface area contributed by atoms with Crippen molar-refractivity contribution in [1.29, 1.82) is 0 Å². The van der Waals surface area contributed by atoms with Crippen molar-refractivity contribution < 1.29 is 24.5 Å². The van der Waals surface area contributed by atoms with E-state index < -0.39 is 12.1 Å². The molecule has 6 nitrogen and oxygen atoms in total. The number of amides is 1. The molecular formula is C70H139NO5. The largest absolute Gasteiger partial charge is 0.466 e. The molecule has 0 fully saturated rings. The molecule has 0 spiro atoms. The molecule has 1 amide bonds. The van der Waals surface area contributed by atoms with Crippen LogP contribution in [-0.2, 0) is 14.3 Å². The van der Waals surface area contributed by atoms with Gasteiger partial charge < -0.3 is 20.3 Å². The SMILES string of the molecule is CCCCCCCCCCCCCCCCCCCCCCCC(O)C(CO)NC(=O)CCCCCCCCCCCCCCCCCCCCCCCCCCCCOC(=O)CCCCCCCCCCCCCC. The van der Waals surface area contributed by atoms with E-state index in [-0.39, 0.29) is 18.5 Å². The Kier molecular flexibility index (Phi) is 65.4. The highest BCUT2D eigenvalue weighted by atomic mass is 16.5. The molecule has 76 heavy (non-hydrogen) atoms. The third-order valence-corrected chi connectivity index (χ3v) is 16.9. The summed E-state index contributed by atoms with van der Waals surface area (Å²) in [5.74, 6) is -0.00797. The zero-order chi connectivity index (χ0) is 55.0. The number of aliphatic hydroxyl groups is 2. The summed E-state index contributed by atoms with van der Waals surface area (Å²) >= 11 is 0. The van der Waals surface area contributed by atoms with Gasteiger partial charge in [0.25, 0.3) is 0 Å². The van der Waals surface area contributed by atoms with Crippen molar-refractivity contribution >= 4 is 11.9 Å². The molecule has 0 aromatic heterocycles. The molecule has 2 unspecified atom stereocenters. The van der Waals surface area contributed by atoms with Crippen molar-refractivity contribution in [2.75, 3.05) is 13.2 Å². The first-order chi connectivity index (χ1) is 37.5. The van der Waals surface area contributed by atoms with E-state index in [2.05, 4.69) is 19.2 Å². The summed E-state index contributed by atoms with van der Waals surface area (Å²) in [7, 11) is 0. The van der Waals surface area contributed by atoms with Gasteiger partial charge in [0.05, 0.1) is 25.4 Å². The molecule has 0 bridgehead atoms. The smallest absolute Gasteiger partial charge is 0.305 e. The van der Waals surface area contributed by atoms with Crippen LogP contribution >= 0.6 is 0 Å². The van der Waals surface area contributed by atoms with Gasteiger partial charge in [-0.1, -0.05) is 373 Å². The fourth-order valence-corrected chi connectivity index (χ4v) is 11.5. The van der Waals surface area contributed by atoms with Gasteiger partial charge in [-0.25, -0.2) is 0 Å². The lowest BCUT2D eigenvalue weighted by Crippen LogP contribution is -2.45. The van der Waals surface area contributed by atoms with Crippen LogP contribution in [0, 0.1) is 0 Å². The highest BCUT2D eigenvalue weighted by molar-refractivity contribution is 5.76. The molecule has 0 aliphatic carbocycles. The van der Waals surface area contributed by atoms with Crippen LogP contribution in [0.2, 0.25) is 0 Å². The Morgan fingerprint density at radius 2 is 0.539 bits per heavy atom. The maximum Gasteiger partial charge on any atom is 0.305 e. The number of hydrogen-bond donors (Lipinski definition) is 3. The van der Waals surface area contributed by atoms with Crippen molar-refractivity contribution in [1.82, 2.24) is 5.32 Å². The number of nitrogens with one attached hydrogen (secondary N) is 1. The van der Waals surface area contributed by atoms with Crippen LogP contribution in [0.4, 0.5) is 0 Å². The van der Waals surface area contributed by atoms with Crippen LogP contribution < -0.4 is 5.32 Å². The molecule has 454 valence electrons. The van der Waals surface area contributed by atoms with E-state index in [4.69, 9.17) is 4.74 Å². The Labute approximate surface area is 476 Å². The average molecular weight is 1070 g/mol. The second-order valence-electron chi connectivity index (χ2n) is 24.6. The van der Waals surface area contributed by atoms with Gasteiger partial charge in [0.1, 0.15) is 0 Å². The van der Waals surface area contributed by atoms with Crippen molar-refractivity contribution in [2.45, 2.75) is 424 Å². The van der Waals surface area contributed by atoms with Gasteiger partial charge in [0, 0.05) is 12.8 Å². The Hall–Kier alpha value is -1.14. The Balaban J connectivity index is 3.35. The lowest BCUT2D eigenvalue weighted by atomic mass is 10.0. The van der Waals surface area contributed by atoms with Gasteiger partial charge in [0.2, 0.25) is 5.91 Å². The highest BCUT2D eigenvalue weighted by Crippen LogP contribution is 2.20. The zero-order valence-electron chi connectivity index (χ0n) is 52.0. The second-order valence-corrected chi connectivity index (χ2v) is 24.6. The molecule has 0 aromatic rings. The zero-order valence-corrected chi connectivity index (χ0v) is 52.0. The Morgan fingerprint density at radius 1 is 0.316 bits per heavy atom. The third kappa shape index (κ3) is 62.1. The summed E-state index contributed by atoms with van der Waals surface area (Å²) < 4.78 is 5.48.